The molecule has 13 saturated carbocycles. The quantitative estimate of drug-likeness (QED) is 0.807. The summed E-state index contributed by atoms with van der Waals surface area (Å²) in [7, 11) is 0. The van der Waals surface area contributed by atoms with E-state index in [0.717, 1.165) is 70.0 Å². The molecule has 17 atom stereocenters. The Morgan fingerprint density at radius 2 is 1.12 bits per heavy atom. The van der Waals surface area contributed by atoms with E-state index in [1.54, 1.807) is 12.8 Å². The van der Waals surface area contributed by atoms with Crippen molar-refractivity contribution >= 4 is 5.97 Å². The number of carboxylic acid groups (broad SMARTS) is 1. The summed E-state index contributed by atoms with van der Waals surface area (Å²) in [5.74, 6) is 11.2. The molecule has 2 nitrogen and oxygen atoms in total. The fourth-order valence-electron chi connectivity index (χ4n) is 17.4. The van der Waals surface area contributed by atoms with Gasteiger partial charge in [-0.15, -0.1) is 0 Å². The van der Waals surface area contributed by atoms with Crippen LogP contribution in [0.1, 0.15) is 25.7 Å². The van der Waals surface area contributed by atoms with Crippen LogP contribution in [0, 0.1) is 98.6 Å². The summed E-state index contributed by atoms with van der Waals surface area (Å²) >= 11 is 0. The van der Waals surface area contributed by atoms with Crippen molar-refractivity contribution in [2.75, 3.05) is 0 Å². The van der Waals surface area contributed by atoms with Crippen LogP contribution in [0.5, 0.6) is 0 Å². The number of carboxylic acids is 1. The van der Waals surface area contributed by atoms with Crippen LogP contribution in [0.25, 0.3) is 0 Å². The van der Waals surface area contributed by atoms with Gasteiger partial charge in [0.25, 0.3) is 0 Å². The third kappa shape index (κ3) is 0.408. The summed E-state index contributed by atoms with van der Waals surface area (Å²) in [6.07, 6.45) is 6.22. The highest BCUT2D eigenvalue weighted by Crippen LogP contribution is 3.22. The normalized spacial score (nSPS) is 95.4. The van der Waals surface area contributed by atoms with E-state index in [4.69, 9.17) is 0 Å². The molecule has 13 rings (SSSR count). The van der Waals surface area contributed by atoms with Crippen molar-refractivity contribution in [3.05, 3.63) is 0 Å². The lowest BCUT2D eigenvalue weighted by atomic mass is 9.24. The minimum Gasteiger partial charge on any atom is -0.481 e. The Balaban J connectivity index is 1.46. The molecule has 0 saturated heterocycles. The standard InChI is InChI=1S/C22H22O2/c23-18(24)15-16-13-5-1-2-6-14(13)17(15)22-10-4-9-11-7-3-8(12(10)11)20(6,22)19(5,7)21(9,16)22/h5-17H,1-4H2,(H,23,24)/t5-,6+,7+,8-,9-,10+,11-,12+,13-,14+,15?,16-,17+,19-,20-,21+,22-/m1/s1. The highest BCUT2D eigenvalue weighted by molar-refractivity contribution is 5.78. The molecule has 4 spiro atoms. The first-order valence-electron chi connectivity index (χ1n) is 11.0. The Morgan fingerprint density at radius 1 is 0.667 bits per heavy atom. The van der Waals surface area contributed by atoms with Crippen LogP contribution in [-0.2, 0) is 4.79 Å². The Hall–Kier alpha value is -0.530. The summed E-state index contributed by atoms with van der Waals surface area (Å²) in [6, 6.07) is 0. The number of hydrogen-bond donors (Lipinski definition) is 1. The molecular formula is C22H22O2. The van der Waals surface area contributed by atoms with Gasteiger partial charge in [0.2, 0.25) is 0 Å². The zero-order chi connectivity index (χ0) is 14.9. The third-order valence-corrected chi connectivity index (χ3v) is 14.7. The molecule has 0 heterocycles. The van der Waals surface area contributed by atoms with E-state index in [-0.39, 0.29) is 11.9 Å². The van der Waals surface area contributed by atoms with Gasteiger partial charge in [0.15, 0.2) is 0 Å². The molecular weight excluding hydrogens is 296 g/mol. The second-order valence-corrected chi connectivity index (χ2v) is 12.4. The highest BCUT2D eigenvalue weighted by Gasteiger charge is 3.19. The van der Waals surface area contributed by atoms with Gasteiger partial charge in [0.1, 0.15) is 0 Å². The summed E-state index contributed by atoms with van der Waals surface area (Å²) in [5, 5.41) is 10.3. The molecule has 1 N–H and O–H groups in total. The molecule has 0 aliphatic heterocycles. The van der Waals surface area contributed by atoms with E-state index in [9.17, 15) is 9.90 Å². The maximum absolute atomic E-state index is 12.5. The van der Waals surface area contributed by atoms with E-state index in [1.165, 1.54) is 12.8 Å². The third-order valence-electron chi connectivity index (χ3n) is 14.7. The number of carbonyl (C=O) groups is 1. The fraction of sp³-hybridized carbons (Fsp3) is 0.955. The smallest absolute Gasteiger partial charge is 0.307 e. The Labute approximate surface area is 140 Å². The van der Waals surface area contributed by atoms with Gasteiger partial charge in [0.05, 0.1) is 5.92 Å². The van der Waals surface area contributed by atoms with Gasteiger partial charge in [0, 0.05) is 0 Å². The van der Waals surface area contributed by atoms with Gasteiger partial charge in [-0.05, 0) is 118 Å². The fourth-order valence-corrected chi connectivity index (χ4v) is 17.4. The van der Waals surface area contributed by atoms with E-state index in [1.807, 2.05) is 0 Å². The minimum atomic E-state index is -0.358. The summed E-state index contributed by atoms with van der Waals surface area (Å²) < 4.78 is 0. The van der Waals surface area contributed by atoms with E-state index in [0.29, 0.717) is 22.7 Å². The number of rotatable bonds is 1. The average molecular weight is 318 g/mol. The van der Waals surface area contributed by atoms with Crippen molar-refractivity contribution in [1.29, 1.82) is 0 Å². The van der Waals surface area contributed by atoms with Crippen molar-refractivity contribution in [2.45, 2.75) is 25.7 Å². The van der Waals surface area contributed by atoms with Crippen molar-refractivity contribution in [2.24, 2.45) is 98.6 Å². The van der Waals surface area contributed by atoms with Crippen LogP contribution < -0.4 is 0 Å². The van der Waals surface area contributed by atoms with Gasteiger partial charge in [-0.1, -0.05) is 0 Å². The molecule has 0 aromatic carbocycles. The monoisotopic (exact) mass is 318 g/mol. The topological polar surface area (TPSA) is 37.3 Å². The van der Waals surface area contributed by atoms with Crippen LogP contribution in [0.15, 0.2) is 0 Å². The van der Waals surface area contributed by atoms with Crippen molar-refractivity contribution in [3.8, 4) is 0 Å². The molecule has 24 heavy (non-hydrogen) atoms. The van der Waals surface area contributed by atoms with Gasteiger partial charge in [-0.2, -0.15) is 0 Å². The predicted molar refractivity (Wildman–Crippen MR) is 81.2 cm³/mol. The summed E-state index contributed by atoms with van der Waals surface area (Å²) in [6.45, 7) is 0. The number of hydrogen-bond acceptors (Lipinski definition) is 1. The SMILES string of the molecule is O=C(O)C1[C@@H]2[C@@H]3[C@H]4[C@H]5CC[C@@H]3[C@@]36[C@@H]7C[C@H]8[C@H]9[C@@H]7[C@@H]7C[C@H]9[C@]([C@@H]14)([C@]583)[C@@]276. The molecule has 2 heteroatoms. The van der Waals surface area contributed by atoms with E-state index >= 15 is 0 Å². The maximum atomic E-state index is 12.5. The van der Waals surface area contributed by atoms with Crippen molar-refractivity contribution in [1.82, 2.24) is 0 Å². The molecule has 0 aromatic heterocycles. The van der Waals surface area contributed by atoms with Crippen LogP contribution in [0.4, 0.5) is 0 Å². The number of fused-ring (bicyclic) bond motifs is 1. The summed E-state index contributed by atoms with van der Waals surface area (Å²) in [5.41, 5.74) is 2.68. The maximum Gasteiger partial charge on any atom is 0.307 e. The van der Waals surface area contributed by atoms with Gasteiger partial charge >= 0.3 is 5.97 Å². The first-order valence-corrected chi connectivity index (χ1v) is 11.0. The molecule has 1 unspecified atom stereocenters. The molecule has 0 amide bonds. The largest absolute Gasteiger partial charge is 0.481 e. The lowest BCUT2D eigenvalue weighted by molar-refractivity contribution is -0.339. The Morgan fingerprint density at radius 3 is 1.58 bits per heavy atom. The molecule has 8 bridgehead atoms. The lowest BCUT2D eigenvalue weighted by Gasteiger charge is -2.79. The van der Waals surface area contributed by atoms with E-state index in [2.05, 4.69) is 0 Å². The van der Waals surface area contributed by atoms with Crippen molar-refractivity contribution < 1.29 is 9.90 Å². The van der Waals surface area contributed by atoms with Crippen LogP contribution in [0.3, 0.4) is 0 Å². The minimum absolute atomic E-state index is 0.106. The zero-order valence-corrected chi connectivity index (χ0v) is 13.7. The van der Waals surface area contributed by atoms with E-state index < -0.39 is 0 Å². The van der Waals surface area contributed by atoms with Crippen LogP contribution in [0.2, 0.25) is 0 Å². The average Bonchev–Trinajstić information content (AvgIpc) is 3.29. The second-order valence-electron chi connectivity index (χ2n) is 12.4. The second kappa shape index (κ2) is 2.15. The first kappa shape index (κ1) is 10.6. The highest BCUT2D eigenvalue weighted by atomic mass is 16.4. The van der Waals surface area contributed by atoms with Gasteiger partial charge < -0.3 is 5.11 Å². The summed E-state index contributed by atoms with van der Waals surface area (Å²) in [4.78, 5) is 12.5. The number of aliphatic carboxylic acids is 1. The Kier molecular flexibility index (Phi) is 0.946. The lowest BCUT2D eigenvalue weighted by Crippen LogP contribution is -2.77. The first-order chi connectivity index (χ1) is 11.7. The van der Waals surface area contributed by atoms with Crippen molar-refractivity contribution in [3.63, 3.8) is 0 Å². The Bertz CT molecular complexity index is 846. The van der Waals surface area contributed by atoms with Crippen LogP contribution >= 0.6 is 0 Å². The molecule has 13 fully saturated rings. The molecule has 0 aromatic rings. The van der Waals surface area contributed by atoms with Gasteiger partial charge in [-0.25, -0.2) is 0 Å². The predicted octanol–water partition coefficient (Wildman–Crippen LogP) is 2.74. The zero-order valence-electron chi connectivity index (χ0n) is 13.7. The van der Waals surface area contributed by atoms with Gasteiger partial charge in [-0.3, -0.25) is 4.79 Å². The molecule has 13 aliphatic rings. The molecule has 0 radical (unpaired) electrons. The van der Waals surface area contributed by atoms with Crippen LogP contribution in [-0.4, -0.2) is 11.1 Å². The molecule has 13 aliphatic carbocycles. The molecule has 122 valence electrons.